The average Bonchev–Trinajstić information content (AvgIpc) is 2.65. The lowest BCUT2D eigenvalue weighted by Gasteiger charge is -2.23. The van der Waals surface area contributed by atoms with Crippen molar-refractivity contribution in [2.24, 2.45) is 0 Å². The summed E-state index contributed by atoms with van der Waals surface area (Å²) in [6.07, 6.45) is 2.62. The zero-order chi connectivity index (χ0) is 10.1. The lowest BCUT2D eigenvalue weighted by Crippen LogP contribution is -2.19. The maximum Gasteiger partial charge on any atom is 0.0456 e. The molecule has 0 spiro atoms. The van der Waals surface area contributed by atoms with E-state index < -0.39 is 0 Å². The smallest absolute Gasteiger partial charge is 0.0456 e. The monoisotopic (exact) mass is 209 g/mol. The predicted octanol–water partition coefficient (Wildman–Crippen LogP) is 3.56. The lowest BCUT2D eigenvalue weighted by atomic mass is 10.1. The molecule has 0 aromatic heterocycles. The fourth-order valence-electron chi connectivity index (χ4n) is 2.24. The molecule has 1 fully saturated rings. The first-order valence-corrected chi connectivity index (χ1v) is 5.58. The molecule has 0 saturated carbocycles. The second-order valence-corrected chi connectivity index (χ2v) is 4.44. The summed E-state index contributed by atoms with van der Waals surface area (Å²) in [6, 6.07) is 4.11. The number of benzene rings is 1. The van der Waals surface area contributed by atoms with Crippen molar-refractivity contribution in [1.82, 2.24) is 0 Å². The van der Waals surface area contributed by atoms with E-state index in [0.29, 0.717) is 0 Å². The average molecular weight is 210 g/mol. The molecule has 2 rings (SSSR count). The Hall–Kier alpha value is -0.690. The highest BCUT2D eigenvalue weighted by atomic mass is 35.5. The van der Waals surface area contributed by atoms with Crippen LogP contribution in [0.3, 0.4) is 0 Å². The van der Waals surface area contributed by atoms with Gasteiger partial charge in [-0.1, -0.05) is 17.7 Å². The predicted molar refractivity (Wildman–Crippen MR) is 62.4 cm³/mol. The SMILES string of the molecule is Cc1ccc(Cl)c(C)c1N1CCCC1. The van der Waals surface area contributed by atoms with E-state index in [9.17, 15) is 0 Å². The van der Waals surface area contributed by atoms with Crippen LogP contribution in [0, 0.1) is 13.8 Å². The van der Waals surface area contributed by atoms with Gasteiger partial charge in [0.1, 0.15) is 0 Å². The largest absolute Gasteiger partial charge is 0.371 e. The number of rotatable bonds is 1. The minimum atomic E-state index is 0.887. The van der Waals surface area contributed by atoms with Gasteiger partial charge in [0, 0.05) is 23.8 Å². The van der Waals surface area contributed by atoms with Gasteiger partial charge in [-0.3, -0.25) is 0 Å². The molecule has 1 saturated heterocycles. The first-order valence-electron chi connectivity index (χ1n) is 5.21. The Morgan fingerprint density at radius 2 is 1.79 bits per heavy atom. The molecular formula is C12H16ClN. The van der Waals surface area contributed by atoms with E-state index in [4.69, 9.17) is 11.6 Å². The van der Waals surface area contributed by atoms with Gasteiger partial charge in [-0.05, 0) is 43.9 Å². The summed E-state index contributed by atoms with van der Waals surface area (Å²) in [7, 11) is 0. The first-order chi connectivity index (χ1) is 6.70. The minimum Gasteiger partial charge on any atom is -0.371 e. The van der Waals surface area contributed by atoms with E-state index >= 15 is 0 Å². The van der Waals surface area contributed by atoms with Gasteiger partial charge in [0.05, 0.1) is 0 Å². The molecule has 0 amide bonds. The van der Waals surface area contributed by atoms with Gasteiger partial charge >= 0.3 is 0 Å². The van der Waals surface area contributed by atoms with E-state index in [2.05, 4.69) is 24.8 Å². The topological polar surface area (TPSA) is 3.24 Å². The van der Waals surface area contributed by atoms with Crippen LogP contribution in [0.25, 0.3) is 0 Å². The molecule has 0 radical (unpaired) electrons. The molecule has 0 aliphatic carbocycles. The summed E-state index contributed by atoms with van der Waals surface area (Å²) >= 11 is 6.14. The van der Waals surface area contributed by atoms with Gasteiger partial charge in [-0.2, -0.15) is 0 Å². The van der Waals surface area contributed by atoms with Crippen LogP contribution in [0.4, 0.5) is 5.69 Å². The Balaban J connectivity index is 2.44. The molecule has 1 aromatic rings. The molecule has 0 unspecified atom stereocenters. The number of hydrogen-bond acceptors (Lipinski definition) is 1. The summed E-state index contributed by atoms with van der Waals surface area (Å²) < 4.78 is 0. The Morgan fingerprint density at radius 3 is 2.43 bits per heavy atom. The fraction of sp³-hybridized carbons (Fsp3) is 0.500. The van der Waals surface area contributed by atoms with Crippen molar-refractivity contribution < 1.29 is 0 Å². The zero-order valence-electron chi connectivity index (χ0n) is 8.81. The van der Waals surface area contributed by atoms with Crippen molar-refractivity contribution in [2.45, 2.75) is 26.7 Å². The van der Waals surface area contributed by atoms with Crippen molar-refractivity contribution in [3.05, 3.63) is 28.3 Å². The van der Waals surface area contributed by atoms with Crippen LogP contribution in [0.15, 0.2) is 12.1 Å². The quantitative estimate of drug-likeness (QED) is 0.684. The number of anilines is 1. The molecule has 2 heteroatoms. The highest BCUT2D eigenvalue weighted by Crippen LogP contribution is 2.32. The molecule has 1 aliphatic rings. The highest BCUT2D eigenvalue weighted by molar-refractivity contribution is 6.31. The minimum absolute atomic E-state index is 0.887. The summed E-state index contributed by atoms with van der Waals surface area (Å²) in [5, 5.41) is 0.887. The second-order valence-electron chi connectivity index (χ2n) is 4.03. The summed E-state index contributed by atoms with van der Waals surface area (Å²) in [6.45, 7) is 6.64. The van der Waals surface area contributed by atoms with Crippen LogP contribution < -0.4 is 4.90 Å². The van der Waals surface area contributed by atoms with Gasteiger partial charge < -0.3 is 4.90 Å². The van der Waals surface area contributed by atoms with Gasteiger partial charge in [-0.15, -0.1) is 0 Å². The maximum absolute atomic E-state index is 6.14. The number of halogens is 1. The molecular weight excluding hydrogens is 194 g/mol. The Bertz CT molecular complexity index is 340. The van der Waals surface area contributed by atoms with Crippen LogP contribution in [0.1, 0.15) is 24.0 Å². The van der Waals surface area contributed by atoms with Crippen LogP contribution in [0.2, 0.25) is 5.02 Å². The lowest BCUT2D eigenvalue weighted by molar-refractivity contribution is 0.949. The molecule has 1 aromatic carbocycles. The number of aryl methyl sites for hydroxylation is 1. The van der Waals surface area contributed by atoms with Gasteiger partial charge in [0.2, 0.25) is 0 Å². The van der Waals surface area contributed by atoms with Crippen LogP contribution in [-0.2, 0) is 0 Å². The van der Waals surface area contributed by atoms with E-state index in [1.165, 1.54) is 42.7 Å². The first kappa shape index (κ1) is 9.85. The van der Waals surface area contributed by atoms with E-state index in [1.54, 1.807) is 0 Å². The van der Waals surface area contributed by atoms with Crippen molar-refractivity contribution in [3.8, 4) is 0 Å². The zero-order valence-corrected chi connectivity index (χ0v) is 9.56. The molecule has 0 bridgehead atoms. The molecule has 1 nitrogen and oxygen atoms in total. The summed E-state index contributed by atoms with van der Waals surface area (Å²) in [5.41, 5.74) is 3.93. The molecule has 1 aliphatic heterocycles. The number of hydrogen-bond donors (Lipinski definition) is 0. The third-order valence-electron chi connectivity index (χ3n) is 2.99. The molecule has 0 N–H and O–H groups in total. The Kier molecular flexibility index (Phi) is 2.69. The van der Waals surface area contributed by atoms with Crippen LogP contribution in [0.5, 0.6) is 0 Å². The highest BCUT2D eigenvalue weighted by Gasteiger charge is 2.17. The third kappa shape index (κ3) is 1.61. The fourth-order valence-corrected chi connectivity index (χ4v) is 2.39. The van der Waals surface area contributed by atoms with Gasteiger partial charge in [0.25, 0.3) is 0 Å². The standard InChI is InChI=1S/C12H16ClN/c1-9-5-6-11(13)10(2)12(9)14-7-3-4-8-14/h5-6H,3-4,7-8H2,1-2H3. The van der Waals surface area contributed by atoms with E-state index in [1.807, 2.05) is 6.07 Å². The van der Waals surface area contributed by atoms with Gasteiger partial charge in [-0.25, -0.2) is 0 Å². The second kappa shape index (κ2) is 3.82. The van der Waals surface area contributed by atoms with Crippen molar-refractivity contribution in [2.75, 3.05) is 18.0 Å². The molecule has 76 valence electrons. The van der Waals surface area contributed by atoms with Crippen LogP contribution in [-0.4, -0.2) is 13.1 Å². The van der Waals surface area contributed by atoms with Crippen molar-refractivity contribution >= 4 is 17.3 Å². The normalized spacial score (nSPS) is 16.4. The Morgan fingerprint density at radius 1 is 1.14 bits per heavy atom. The van der Waals surface area contributed by atoms with Gasteiger partial charge in [0.15, 0.2) is 0 Å². The van der Waals surface area contributed by atoms with Crippen LogP contribution >= 0.6 is 11.6 Å². The third-order valence-corrected chi connectivity index (χ3v) is 3.40. The number of nitrogens with zero attached hydrogens (tertiary/aromatic N) is 1. The van der Waals surface area contributed by atoms with Crippen molar-refractivity contribution in [1.29, 1.82) is 0 Å². The summed E-state index contributed by atoms with van der Waals surface area (Å²) in [4.78, 5) is 2.45. The molecule has 0 atom stereocenters. The Labute approximate surface area is 90.7 Å². The van der Waals surface area contributed by atoms with E-state index in [0.717, 1.165) is 5.02 Å². The van der Waals surface area contributed by atoms with E-state index in [-0.39, 0.29) is 0 Å². The maximum atomic E-state index is 6.14. The molecule has 1 heterocycles. The molecule has 14 heavy (non-hydrogen) atoms. The van der Waals surface area contributed by atoms with Crippen molar-refractivity contribution in [3.63, 3.8) is 0 Å². The summed E-state index contributed by atoms with van der Waals surface area (Å²) in [5.74, 6) is 0.